The number of nitrogens with two attached hydrogens (primary N) is 4. The van der Waals surface area contributed by atoms with Crippen molar-refractivity contribution >= 4 is 48.1 Å². The Labute approximate surface area is 190 Å². The highest BCUT2D eigenvalue weighted by molar-refractivity contribution is 7.80. The molecule has 0 aromatic rings. The van der Waals surface area contributed by atoms with Gasteiger partial charge in [0.05, 0.1) is 18.9 Å². The van der Waals surface area contributed by atoms with Gasteiger partial charge >= 0.3 is 5.97 Å². The lowest BCUT2D eigenvalue weighted by Crippen LogP contribution is -2.58. The first kappa shape index (κ1) is 29.1. The number of unbranched alkanes of at least 4 members (excludes halogenated alkanes) is 1. The van der Waals surface area contributed by atoms with Gasteiger partial charge in [-0.3, -0.25) is 24.0 Å². The van der Waals surface area contributed by atoms with Gasteiger partial charge in [-0.1, -0.05) is 0 Å². The summed E-state index contributed by atoms with van der Waals surface area (Å²) < 4.78 is 0. The topological polar surface area (TPSA) is 263 Å². The first-order valence-electron chi connectivity index (χ1n) is 9.69. The molecule has 0 spiro atoms. The first-order chi connectivity index (χ1) is 14.9. The van der Waals surface area contributed by atoms with Crippen molar-refractivity contribution in [1.29, 1.82) is 0 Å². The van der Waals surface area contributed by atoms with Gasteiger partial charge in [-0.15, -0.1) is 0 Å². The standard InChI is InChI=1S/C17H31N7O7S/c18-4-2-1-3-9(17(30)31)22-15(28)10(6-13(21)26)23-16(29)11(7-32)24-14(27)8(19)5-12(20)25/h8-11,32H,1-7,18-19H2,(H2,20,25)(H2,21,26)(H,22,28)(H,23,29)(H,24,27)(H,30,31). The monoisotopic (exact) mass is 477 g/mol. The maximum Gasteiger partial charge on any atom is 0.326 e. The van der Waals surface area contributed by atoms with Crippen molar-refractivity contribution in [2.75, 3.05) is 12.3 Å². The van der Waals surface area contributed by atoms with Crippen LogP contribution in [0.4, 0.5) is 0 Å². The fraction of sp³-hybridized carbons (Fsp3) is 0.647. The number of carboxylic acids is 1. The van der Waals surface area contributed by atoms with Crippen LogP contribution in [0.15, 0.2) is 0 Å². The van der Waals surface area contributed by atoms with Gasteiger partial charge in [0.2, 0.25) is 29.5 Å². The molecule has 5 amide bonds. The van der Waals surface area contributed by atoms with Gasteiger partial charge in [-0.05, 0) is 25.8 Å². The zero-order chi connectivity index (χ0) is 24.8. The van der Waals surface area contributed by atoms with E-state index in [2.05, 4.69) is 28.6 Å². The Bertz CT molecular complexity index is 707. The van der Waals surface area contributed by atoms with E-state index in [9.17, 15) is 33.9 Å². The first-order valence-corrected chi connectivity index (χ1v) is 10.3. The molecule has 0 aliphatic heterocycles. The molecule has 4 atom stereocenters. The van der Waals surface area contributed by atoms with Gasteiger partial charge in [-0.2, -0.15) is 12.6 Å². The zero-order valence-electron chi connectivity index (χ0n) is 17.4. The molecule has 12 N–H and O–H groups in total. The third-order valence-corrected chi connectivity index (χ3v) is 4.54. The van der Waals surface area contributed by atoms with Crippen molar-refractivity contribution < 1.29 is 33.9 Å². The number of carbonyl (C=O) groups excluding carboxylic acids is 5. The number of thiol groups is 1. The molecule has 0 radical (unpaired) electrons. The van der Waals surface area contributed by atoms with E-state index in [0.717, 1.165) is 0 Å². The van der Waals surface area contributed by atoms with Gasteiger partial charge < -0.3 is 44.0 Å². The average molecular weight is 478 g/mol. The molecule has 14 nitrogen and oxygen atoms in total. The Balaban J connectivity index is 5.24. The smallest absolute Gasteiger partial charge is 0.326 e. The fourth-order valence-electron chi connectivity index (χ4n) is 2.49. The quantitative estimate of drug-likeness (QED) is 0.0767. The molecule has 32 heavy (non-hydrogen) atoms. The highest BCUT2D eigenvalue weighted by Crippen LogP contribution is 2.03. The maximum atomic E-state index is 12.5. The highest BCUT2D eigenvalue weighted by atomic mass is 32.1. The Kier molecular flexibility index (Phi) is 13.6. The van der Waals surface area contributed by atoms with Gasteiger partial charge in [0, 0.05) is 5.75 Å². The summed E-state index contributed by atoms with van der Waals surface area (Å²) in [6.45, 7) is 0.348. The van der Waals surface area contributed by atoms with Crippen LogP contribution in [0, 0.1) is 0 Å². The molecule has 4 unspecified atom stereocenters. The summed E-state index contributed by atoms with van der Waals surface area (Å²) in [6, 6.07) is -5.37. The molecule has 15 heteroatoms. The van der Waals surface area contributed by atoms with Crippen LogP contribution < -0.4 is 38.9 Å². The molecule has 0 aromatic carbocycles. The van der Waals surface area contributed by atoms with E-state index in [4.69, 9.17) is 22.9 Å². The largest absolute Gasteiger partial charge is 0.480 e. The van der Waals surface area contributed by atoms with Crippen molar-refractivity contribution in [3.63, 3.8) is 0 Å². The second-order valence-electron chi connectivity index (χ2n) is 6.94. The number of carbonyl (C=O) groups is 6. The fourth-order valence-corrected chi connectivity index (χ4v) is 2.74. The molecule has 0 saturated heterocycles. The second-order valence-corrected chi connectivity index (χ2v) is 7.30. The number of hydrogen-bond acceptors (Lipinski definition) is 9. The van der Waals surface area contributed by atoms with Crippen LogP contribution in [0.5, 0.6) is 0 Å². The van der Waals surface area contributed by atoms with E-state index < -0.39 is 72.5 Å². The van der Waals surface area contributed by atoms with Crippen molar-refractivity contribution in [2.24, 2.45) is 22.9 Å². The van der Waals surface area contributed by atoms with Crippen LogP contribution in [0.1, 0.15) is 32.1 Å². The van der Waals surface area contributed by atoms with Crippen molar-refractivity contribution in [3.05, 3.63) is 0 Å². The Morgan fingerprint density at radius 3 is 1.75 bits per heavy atom. The van der Waals surface area contributed by atoms with Crippen molar-refractivity contribution in [2.45, 2.75) is 56.3 Å². The molecule has 0 bridgehead atoms. The lowest BCUT2D eigenvalue weighted by molar-refractivity contribution is -0.142. The van der Waals surface area contributed by atoms with E-state index in [0.29, 0.717) is 19.4 Å². The van der Waals surface area contributed by atoms with Crippen molar-refractivity contribution in [3.8, 4) is 0 Å². The number of hydrogen-bond donors (Lipinski definition) is 9. The molecule has 0 heterocycles. The summed E-state index contributed by atoms with van der Waals surface area (Å²) >= 11 is 3.95. The van der Waals surface area contributed by atoms with Gasteiger partial charge in [-0.25, -0.2) is 4.79 Å². The summed E-state index contributed by atoms with van der Waals surface area (Å²) in [6.07, 6.45) is -0.0217. The summed E-state index contributed by atoms with van der Waals surface area (Å²) in [5.74, 6) is -6.00. The second kappa shape index (κ2) is 15.0. The normalized spacial score (nSPS) is 14.3. The third-order valence-electron chi connectivity index (χ3n) is 4.17. The van der Waals surface area contributed by atoms with Crippen LogP contribution in [0.25, 0.3) is 0 Å². The van der Waals surface area contributed by atoms with E-state index >= 15 is 0 Å². The number of rotatable bonds is 16. The lowest BCUT2D eigenvalue weighted by Gasteiger charge is -2.24. The molecule has 0 fully saturated rings. The van der Waals surface area contributed by atoms with Gasteiger partial charge in [0.1, 0.15) is 18.1 Å². The van der Waals surface area contributed by atoms with E-state index in [1.54, 1.807) is 0 Å². The summed E-state index contributed by atoms with van der Waals surface area (Å²) in [4.78, 5) is 70.7. The van der Waals surface area contributed by atoms with Crippen LogP contribution in [-0.4, -0.2) is 77.1 Å². The lowest BCUT2D eigenvalue weighted by atomic mass is 10.1. The Morgan fingerprint density at radius 1 is 0.781 bits per heavy atom. The molecule has 0 aliphatic rings. The van der Waals surface area contributed by atoms with Crippen LogP contribution in [-0.2, 0) is 28.8 Å². The number of aliphatic carboxylic acids is 1. The van der Waals surface area contributed by atoms with Crippen LogP contribution >= 0.6 is 12.6 Å². The summed E-state index contributed by atoms with van der Waals surface area (Å²) in [5.41, 5.74) is 21.0. The van der Waals surface area contributed by atoms with Crippen LogP contribution in [0.3, 0.4) is 0 Å². The molecule has 0 rings (SSSR count). The minimum Gasteiger partial charge on any atom is -0.480 e. The minimum atomic E-state index is -1.50. The minimum absolute atomic E-state index is 0.0859. The number of amides is 5. The molecule has 182 valence electrons. The van der Waals surface area contributed by atoms with Crippen molar-refractivity contribution in [1.82, 2.24) is 16.0 Å². The molecule has 0 aliphatic carbocycles. The number of nitrogens with one attached hydrogen (secondary N) is 3. The van der Waals surface area contributed by atoms with E-state index in [1.807, 2.05) is 0 Å². The van der Waals surface area contributed by atoms with E-state index in [1.165, 1.54) is 0 Å². The molecular weight excluding hydrogens is 446 g/mol. The Morgan fingerprint density at radius 2 is 1.28 bits per heavy atom. The Hall–Kier alpha value is -2.91. The third kappa shape index (κ3) is 11.5. The SMILES string of the molecule is NCCCCC(NC(=O)C(CC(N)=O)NC(=O)C(CS)NC(=O)C(N)CC(N)=O)C(=O)O. The van der Waals surface area contributed by atoms with Gasteiger partial charge in [0.15, 0.2) is 0 Å². The average Bonchev–Trinajstić information content (AvgIpc) is 2.69. The van der Waals surface area contributed by atoms with E-state index in [-0.39, 0.29) is 12.2 Å². The summed E-state index contributed by atoms with van der Waals surface area (Å²) in [5, 5.41) is 16.0. The highest BCUT2D eigenvalue weighted by Gasteiger charge is 2.30. The summed E-state index contributed by atoms with van der Waals surface area (Å²) in [7, 11) is 0. The molecule has 0 saturated carbocycles. The van der Waals surface area contributed by atoms with Crippen LogP contribution in [0.2, 0.25) is 0 Å². The predicted octanol–water partition coefficient (Wildman–Crippen LogP) is -4.34. The maximum absolute atomic E-state index is 12.5. The zero-order valence-corrected chi connectivity index (χ0v) is 18.3. The number of carboxylic acid groups (broad SMARTS) is 1. The molecular formula is C17H31N7O7S. The van der Waals surface area contributed by atoms with Gasteiger partial charge in [0.25, 0.3) is 0 Å². The predicted molar refractivity (Wildman–Crippen MR) is 116 cm³/mol. The molecule has 0 aromatic heterocycles. The number of primary amides is 2.